The molecule has 0 spiro atoms. The van der Waals surface area contributed by atoms with Gasteiger partial charge in [0.25, 0.3) is 11.8 Å². The van der Waals surface area contributed by atoms with E-state index >= 15 is 0 Å². The second-order valence-electron chi connectivity index (χ2n) is 12.5. The van der Waals surface area contributed by atoms with Crippen LogP contribution in [0.4, 0.5) is 5.69 Å². The van der Waals surface area contributed by atoms with Gasteiger partial charge in [0, 0.05) is 27.4 Å². The molecule has 3 aromatic rings. The van der Waals surface area contributed by atoms with Crippen molar-refractivity contribution in [3.63, 3.8) is 0 Å². The standard InChI is InChI=1S/C35H39Cl2NO4/c1-5-6-7-8-22-9-11-23(12-10-22)24-17-41-30-13-19(2)29(16-31(30)42-18-24)38-34(39)25-14-27(36)20(3)32-21(4)28(37)15-26(33(25)32)35(38)40/h13-16,22-24H,5-12,17-18H2,1-4H3. The minimum atomic E-state index is -0.410. The fourth-order valence-corrected chi connectivity index (χ4v) is 7.68. The first-order chi connectivity index (χ1) is 20.2. The van der Waals surface area contributed by atoms with E-state index in [-0.39, 0.29) is 0 Å². The summed E-state index contributed by atoms with van der Waals surface area (Å²) in [6, 6.07) is 6.99. The van der Waals surface area contributed by atoms with E-state index in [9.17, 15) is 9.59 Å². The molecule has 6 rings (SSSR count). The third-order valence-electron chi connectivity index (χ3n) is 9.85. The Hall–Kier alpha value is -2.76. The number of fused-ring (bicyclic) bond motifs is 1. The molecule has 1 unspecified atom stereocenters. The smallest absolute Gasteiger partial charge is 0.266 e. The van der Waals surface area contributed by atoms with Gasteiger partial charge in [0.05, 0.1) is 30.0 Å². The molecule has 7 heteroatoms. The third-order valence-corrected chi connectivity index (χ3v) is 10.6. The van der Waals surface area contributed by atoms with Gasteiger partial charge in [-0.25, -0.2) is 4.90 Å². The van der Waals surface area contributed by atoms with Crippen LogP contribution in [0.25, 0.3) is 10.8 Å². The van der Waals surface area contributed by atoms with E-state index in [0.29, 0.717) is 68.8 Å². The first kappa shape index (κ1) is 29.3. The molecule has 5 nitrogen and oxygen atoms in total. The predicted octanol–water partition coefficient (Wildman–Crippen LogP) is 9.65. The van der Waals surface area contributed by atoms with Crippen molar-refractivity contribution in [2.24, 2.45) is 17.8 Å². The molecule has 3 aromatic carbocycles. The zero-order valence-corrected chi connectivity index (χ0v) is 26.5. The van der Waals surface area contributed by atoms with Crippen molar-refractivity contribution in [3.05, 3.63) is 62.1 Å². The Kier molecular flexibility index (Phi) is 8.19. The number of ether oxygens (including phenoxy) is 2. The summed E-state index contributed by atoms with van der Waals surface area (Å²) in [5.74, 6) is 2.16. The predicted molar refractivity (Wildman–Crippen MR) is 170 cm³/mol. The van der Waals surface area contributed by atoms with Gasteiger partial charge < -0.3 is 9.47 Å². The molecular formula is C35H39Cl2NO4. The number of amides is 2. The quantitative estimate of drug-likeness (QED) is 0.207. The highest BCUT2D eigenvalue weighted by Crippen LogP contribution is 2.45. The van der Waals surface area contributed by atoms with E-state index in [1.165, 1.54) is 56.3 Å². The lowest BCUT2D eigenvalue weighted by molar-refractivity contribution is 0.0893. The molecule has 0 N–H and O–H groups in total. The summed E-state index contributed by atoms with van der Waals surface area (Å²) in [5, 5.41) is 2.30. The van der Waals surface area contributed by atoms with E-state index < -0.39 is 11.8 Å². The number of carbonyl (C=O) groups excluding carboxylic acids is 2. The molecule has 2 heterocycles. The lowest BCUT2D eigenvalue weighted by Gasteiger charge is -2.32. The molecule has 2 aliphatic heterocycles. The number of imide groups is 1. The lowest BCUT2D eigenvalue weighted by atomic mass is 9.75. The summed E-state index contributed by atoms with van der Waals surface area (Å²) < 4.78 is 12.7. The van der Waals surface area contributed by atoms with Gasteiger partial charge in [-0.2, -0.15) is 0 Å². The molecule has 0 saturated heterocycles. The van der Waals surface area contributed by atoms with Crippen LogP contribution in [0, 0.1) is 38.5 Å². The maximum absolute atomic E-state index is 14.0. The Morgan fingerprint density at radius 2 is 1.33 bits per heavy atom. The maximum atomic E-state index is 14.0. The molecule has 1 atom stereocenters. The molecule has 1 aliphatic carbocycles. The second kappa shape index (κ2) is 11.7. The fourth-order valence-electron chi connectivity index (χ4n) is 7.28. The molecule has 0 radical (unpaired) electrons. The van der Waals surface area contributed by atoms with Gasteiger partial charge in [-0.3, -0.25) is 9.59 Å². The van der Waals surface area contributed by atoms with Crippen molar-refractivity contribution in [3.8, 4) is 11.5 Å². The number of halogens is 2. The number of hydrogen-bond acceptors (Lipinski definition) is 4. The van der Waals surface area contributed by atoms with Crippen LogP contribution in [0.1, 0.15) is 95.7 Å². The van der Waals surface area contributed by atoms with Crippen LogP contribution >= 0.6 is 23.2 Å². The van der Waals surface area contributed by atoms with Crippen LogP contribution in [-0.4, -0.2) is 25.0 Å². The van der Waals surface area contributed by atoms with Gasteiger partial charge in [0.15, 0.2) is 11.5 Å². The summed E-state index contributed by atoms with van der Waals surface area (Å²) in [5.41, 5.74) is 3.62. The largest absolute Gasteiger partial charge is 0.489 e. The van der Waals surface area contributed by atoms with Crippen LogP contribution in [0.2, 0.25) is 10.0 Å². The SMILES string of the molecule is CCCCCC1CCC(C2COc3cc(C)c(N4C(=O)c5cc(Cl)c(C)c6c(C)c(Cl)cc(c56)C4=O)cc3OC2)CC1. The topological polar surface area (TPSA) is 55.8 Å². The molecule has 222 valence electrons. The minimum Gasteiger partial charge on any atom is -0.489 e. The molecule has 3 aliphatic rings. The molecule has 0 bridgehead atoms. The molecular weight excluding hydrogens is 569 g/mol. The van der Waals surface area contributed by atoms with Crippen LogP contribution < -0.4 is 14.4 Å². The normalized spacial score (nSPS) is 22.0. The van der Waals surface area contributed by atoms with Crippen LogP contribution in [-0.2, 0) is 0 Å². The minimum absolute atomic E-state index is 0.316. The lowest BCUT2D eigenvalue weighted by Crippen LogP contribution is -2.41. The van der Waals surface area contributed by atoms with Crippen LogP contribution in [0.5, 0.6) is 11.5 Å². The summed E-state index contributed by atoms with van der Waals surface area (Å²) in [6.07, 6.45) is 10.3. The van der Waals surface area contributed by atoms with Crippen molar-refractivity contribution < 1.29 is 19.1 Å². The van der Waals surface area contributed by atoms with Crippen molar-refractivity contribution in [2.45, 2.75) is 79.1 Å². The monoisotopic (exact) mass is 607 g/mol. The number of unbranched alkanes of at least 4 members (excludes halogenated alkanes) is 2. The zero-order valence-electron chi connectivity index (χ0n) is 24.9. The van der Waals surface area contributed by atoms with Crippen molar-refractivity contribution in [1.29, 1.82) is 0 Å². The summed E-state index contributed by atoms with van der Waals surface area (Å²) in [6.45, 7) is 9.10. The highest BCUT2D eigenvalue weighted by Gasteiger charge is 2.38. The number of anilines is 1. The van der Waals surface area contributed by atoms with Gasteiger partial charge in [0.2, 0.25) is 0 Å². The number of benzene rings is 3. The van der Waals surface area contributed by atoms with E-state index in [0.717, 1.165) is 28.0 Å². The summed E-state index contributed by atoms with van der Waals surface area (Å²) in [7, 11) is 0. The molecule has 2 amide bonds. The fraction of sp³-hybridized carbons (Fsp3) is 0.486. The van der Waals surface area contributed by atoms with E-state index in [2.05, 4.69) is 6.92 Å². The van der Waals surface area contributed by atoms with Crippen LogP contribution in [0.15, 0.2) is 24.3 Å². The number of aryl methyl sites for hydroxylation is 3. The first-order valence-electron chi connectivity index (χ1n) is 15.4. The van der Waals surface area contributed by atoms with Gasteiger partial charge >= 0.3 is 0 Å². The summed E-state index contributed by atoms with van der Waals surface area (Å²) >= 11 is 13.2. The average Bonchev–Trinajstić information content (AvgIpc) is 3.18. The van der Waals surface area contributed by atoms with Gasteiger partial charge in [-0.15, -0.1) is 0 Å². The van der Waals surface area contributed by atoms with Gasteiger partial charge in [0.1, 0.15) is 0 Å². The first-order valence-corrected chi connectivity index (χ1v) is 16.2. The molecule has 1 fully saturated rings. The number of carbonyl (C=O) groups is 2. The highest BCUT2D eigenvalue weighted by molar-refractivity contribution is 6.41. The van der Waals surface area contributed by atoms with E-state index in [1.54, 1.807) is 18.2 Å². The molecule has 42 heavy (non-hydrogen) atoms. The molecule has 1 saturated carbocycles. The van der Waals surface area contributed by atoms with Crippen molar-refractivity contribution in [2.75, 3.05) is 18.1 Å². The Morgan fingerprint density at radius 3 is 1.90 bits per heavy atom. The van der Waals surface area contributed by atoms with Gasteiger partial charge in [-0.1, -0.05) is 68.7 Å². The van der Waals surface area contributed by atoms with Gasteiger partial charge in [-0.05, 0) is 85.7 Å². The van der Waals surface area contributed by atoms with Crippen molar-refractivity contribution in [1.82, 2.24) is 0 Å². The van der Waals surface area contributed by atoms with Crippen molar-refractivity contribution >= 4 is 51.5 Å². The Balaban J connectivity index is 1.26. The zero-order chi connectivity index (χ0) is 29.7. The highest BCUT2D eigenvalue weighted by atomic mass is 35.5. The Bertz CT molecular complexity index is 1510. The second-order valence-corrected chi connectivity index (χ2v) is 13.3. The average molecular weight is 609 g/mol. The van der Waals surface area contributed by atoms with Crippen LogP contribution in [0.3, 0.4) is 0 Å². The summed E-state index contributed by atoms with van der Waals surface area (Å²) in [4.78, 5) is 29.2. The Morgan fingerprint density at radius 1 is 0.762 bits per heavy atom. The number of hydrogen-bond donors (Lipinski definition) is 0. The Labute approximate surface area is 258 Å². The number of rotatable bonds is 6. The number of nitrogens with zero attached hydrogens (tertiary/aromatic N) is 1. The maximum Gasteiger partial charge on any atom is 0.266 e. The van der Waals surface area contributed by atoms with E-state index in [1.807, 2.05) is 26.8 Å². The van der Waals surface area contributed by atoms with E-state index in [4.69, 9.17) is 32.7 Å². The third kappa shape index (κ3) is 5.07. The molecule has 0 aromatic heterocycles.